The number of hydrogen-bond acceptors (Lipinski definition) is 5. The van der Waals surface area contributed by atoms with Crippen LogP contribution in [-0.4, -0.2) is 17.5 Å². The third-order valence-corrected chi connectivity index (χ3v) is 5.42. The van der Waals surface area contributed by atoms with E-state index in [-0.39, 0.29) is 0 Å². The smallest absolute Gasteiger partial charge is 0.119 e. The SMILES string of the molecule is CCCCCCCCCOc1ccc(NCS/C=C(\N)c2ccc(C)nc2)cc1. The van der Waals surface area contributed by atoms with E-state index in [0.717, 1.165) is 47.3 Å². The predicted molar refractivity (Wildman–Crippen MR) is 127 cm³/mol. The Morgan fingerprint density at radius 1 is 1.03 bits per heavy atom. The number of hydrogen-bond donors (Lipinski definition) is 2. The molecule has 0 spiro atoms. The second-order valence-electron chi connectivity index (χ2n) is 7.24. The molecule has 1 heterocycles. The predicted octanol–water partition coefficient (Wildman–Crippen LogP) is 6.58. The molecule has 0 bridgehead atoms. The van der Waals surface area contributed by atoms with Gasteiger partial charge in [0.05, 0.1) is 12.5 Å². The lowest BCUT2D eigenvalue weighted by atomic mass is 10.1. The van der Waals surface area contributed by atoms with E-state index in [1.54, 1.807) is 18.0 Å². The fourth-order valence-electron chi connectivity index (χ4n) is 2.88. The van der Waals surface area contributed by atoms with Gasteiger partial charge in [-0.25, -0.2) is 0 Å². The van der Waals surface area contributed by atoms with E-state index in [9.17, 15) is 0 Å². The van der Waals surface area contributed by atoms with Crippen molar-refractivity contribution >= 4 is 23.1 Å². The summed E-state index contributed by atoms with van der Waals surface area (Å²) >= 11 is 1.63. The molecule has 0 saturated carbocycles. The highest BCUT2D eigenvalue weighted by Crippen LogP contribution is 2.18. The fourth-order valence-corrected chi connectivity index (χ4v) is 3.53. The number of aromatic nitrogens is 1. The van der Waals surface area contributed by atoms with E-state index in [2.05, 4.69) is 29.4 Å². The maximum absolute atomic E-state index is 6.10. The first-order valence-electron chi connectivity index (χ1n) is 10.7. The van der Waals surface area contributed by atoms with Crippen LogP contribution in [0.25, 0.3) is 5.70 Å². The van der Waals surface area contributed by atoms with Gasteiger partial charge >= 0.3 is 0 Å². The highest BCUT2D eigenvalue weighted by molar-refractivity contribution is 8.02. The molecule has 158 valence electrons. The Kier molecular flexibility index (Phi) is 11.1. The Balaban J connectivity index is 1.60. The van der Waals surface area contributed by atoms with E-state index >= 15 is 0 Å². The molecule has 3 N–H and O–H groups in total. The number of rotatable bonds is 14. The van der Waals surface area contributed by atoms with Crippen LogP contribution < -0.4 is 15.8 Å². The average molecular weight is 414 g/mol. The summed E-state index contributed by atoms with van der Waals surface area (Å²) in [4.78, 5) is 4.27. The van der Waals surface area contributed by atoms with Gasteiger partial charge < -0.3 is 15.8 Å². The van der Waals surface area contributed by atoms with Gasteiger partial charge in [0.1, 0.15) is 5.75 Å². The number of nitrogens with two attached hydrogens (primary N) is 1. The van der Waals surface area contributed by atoms with Gasteiger partial charge in [0, 0.05) is 28.8 Å². The van der Waals surface area contributed by atoms with Crippen molar-refractivity contribution in [2.75, 3.05) is 17.8 Å². The van der Waals surface area contributed by atoms with Crippen LogP contribution in [0.5, 0.6) is 5.75 Å². The van der Waals surface area contributed by atoms with E-state index in [1.165, 1.54) is 38.5 Å². The highest BCUT2D eigenvalue weighted by atomic mass is 32.2. The zero-order valence-corrected chi connectivity index (χ0v) is 18.6. The summed E-state index contributed by atoms with van der Waals surface area (Å²) in [6.45, 7) is 5.02. The number of ether oxygens (including phenoxy) is 1. The molecule has 1 aromatic carbocycles. The first kappa shape index (κ1) is 23.1. The molecule has 0 radical (unpaired) electrons. The van der Waals surface area contributed by atoms with Crippen molar-refractivity contribution in [2.45, 2.75) is 58.8 Å². The lowest BCUT2D eigenvalue weighted by molar-refractivity contribution is 0.304. The van der Waals surface area contributed by atoms with Crippen molar-refractivity contribution in [3.63, 3.8) is 0 Å². The quantitative estimate of drug-likeness (QED) is 0.270. The van der Waals surface area contributed by atoms with Crippen molar-refractivity contribution < 1.29 is 4.74 Å². The standard InChI is InChI=1S/C24H35N3OS/c1-3-4-5-6-7-8-9-16-28-23-14-12-22(13-15-23)27-19-29-18-24(25)21-11-10-20(2)26-17-21/h10-15,17-18,27H,3-9,16,19,25H2,1-2H3/b24-18-. The molecule has 29 heavy (non-hydrogen) atoms. The average Bonchev–Trinajstić information content (AvgIpc) is 2.74. The summed E-state index contributed by atoms with van der Waals surface area (Å²) in [6.07, 6.45) is 10.9. The van der Waals surface area contributed by atoms with Gasteiger partial charge in [-0.15, -0.1) is 11.8 Å². The van der Waals surface area contributed by atoms with Crippen molar-refractivity contribution in [1.82, 2.24) is 4.98 Å². The number of thioether (sulfide) groups is 1. The number of pyridine rings is 1. The molecule has 5 heteroatoms. The lowest BCUT2D eigenvalue weighted by Gasteiger charge is -2.09. The number of anilines is 1. The number of unbranched alkanes of at least 4 members (excludes halogenated alkanes) is 6. The summed E-state index contributed by atoms with van der Waals surface area (Å²) in [7, 11) is 0. The topological polar surface area (TPSA) is 60.2 Å². The van der Waals surface area contributed by atoms with Crippen LogP contribution in [-0.2, 0) is 0 Å². The first-order valence-corrected chi connectivity index (χ1v) is 11.7. The van der Waals surface area contributed by atoms with Gasteiger partial charge in [0.15, 0.2) is 0 Å². The van der Waals surface area contributed by atoms with E-state index in [4.69, 9.17) is 10.5 Å². The normalized spacial score (nSPS) is 11.4. The van der Waals surface area contributed by atoms with Crippen LogP contribution in [0.1, 0.15) is 63.1 Å². The third-order valence-electron chi connectivity index (χ3n) is 4.69. The van der Waals surface area contributed by atoms with Crippen LogP contribution in [0.15, 0.2) is 48.0 Å². The van der Waals surface area contributed by atoms with Gasteiger partial charge in [-0.1, -0.05) is 45.4 Å². The molecule has 1 aromatic heterocycles. The minimum Gasteiger partial charge on any atom is -0.494 e. The minimum atomic E-state index is 0.735. The molecule has 0 unspecified atom stereocenters. The molecule has 0 fully saturated rings. The van der Waals surface area contributed by atoms with Crippen LogP contribution in [0.4, 0.5) is 5.69 Å². The molecule has 0 aliphatic carbocycles. The van der Waals surface area contributed by atoms with E-state index < -0.39 is 0 Å². The number of aryl methyl sites for hydroxylation is 1. The van der Waals surface area contributed by atoms with Crippen molar-refractivity contribution in [3.05, 3.63) is 59.3 Å². The monoisotopic (exact) mass is 413 g/mol. The largest absolute Gasteiger partial charge is 0.494 e. The molecule has 0 aliphatic heterocycles. The van der Waals surface area contributed by atoms with Gasteiger partial charge in [-0.3, -0.25) is 4.98 Å². The Morgan fingerprint density at radius 3 is 2.45 bits per heavy atom. The molecule has 0 atom stereocenters. The zero-order chi connectivity index (χ0) is 20.7. The summed E-state index contributed by atoms with van der Waals surface area (Å²) in [5, 5.41) is 5.34. The molecule has 0 aliphatic rings. The molecule has 0 amide bonds. The van der Waals surface area contributed by atoms with Crippen LogP contribution in [0, 0.1) is 6.92 Å². The van der Waals surface area contributed by atoms with Crippen molar-refractivity contribution in [1.29, 1.82) is 0 Å². The number of nitrogens with one attached hydrogen (secondary N) is 1. The second kappa shape index (κ2) is 13.9. The molecular weight excluding hydrogens is 378 g/mol. The number of benzene rings is 1. The fraction of sp³-hybridized carbons (Fsp3) is 0.458. The van der Waals surface area contributed by atoms with Crippen LogP contribution in [0.3, 0.4) is 0 Å². The Hall–Kier alpha value is -2.14. The van der Waals surface area contributed by atoms with E-state index in [0.29, 0.717) is 0 Å². The van der Waals surface area contributed by atoms with Crippen molar-refractivity contribution in [3.8, 4) is 5.75 Å². The molecule has 4 nitrogen and oxygen atoms in total. The highest BCUT2D eigenvalue weighted by Gasteiger charge is 1.98. The van der Waals surface area contributed by atoms with E-state index in [1.807, 2.05) is 36.6 Å². The van der Waals surface area contributed by atoms with Gasteiger partial charge in [0.25, 0.3) is 0 Å². The van der Waals surface area contributed by atoms with Gasteiger partial charge in [-0.05, 0) is 55.2 Å². The summed E-state index contributed by atoms with van der Waals surface area (Å²) in [5.74, 6) is 1.68. The molecule has 2 aromatic rings. The maximum Gasteiger partial charge on any atom is 0.119 e. The maximum atomic E-state index is 6.10. The first-order chi connectivity index (χ1) is 14.2. The lowest BCUT2D eigenvalue weighted by Crippen LogP contribution is -2.00. The van der Waals surface area contributed by atoms with Gasteiger partial charge in [0.2, 0.25) is 0 Å². The van der Waals surface area contributed by atoms with Crippen LogP contribution >= 0.6 is 11.8 Å². The Labute approximate surface area is 180 Å². The van der Waals surface area contributed by atoms with Crippen molar-refractivity contribution in [2.24, 2.45) is 5.73 Å². The minimum absolute atomic E-state index is 0.735. The molecule has 0 saturated heterocycles. The molecule has 2 rings (SSSR count). The Bertz CT molecular complexity index is 714. The van der Waals surface area contributed by atoms with Crippen LogP contribution in [0.2, 0.25) is 0 Å². The summed E-state index contributed by atoms with van der Waals surface area (Å²) in [5.41, 5.74) is 9.85. The Morgan fingerprint density at radius 2 is 1.76 bits per heavy atom. The summed E-state index contributed by atoms with van der Waals surface area (Å²) < 4.78 is 5.84. The molecular formula is C24H35N3OS. The second-order valence-corrected chi connectivity index (χ2v) is 8.10. The third kappa shape index (κ3) is 9.75. The van der Waals surface area contributed by atoms with Gasteiger partial charge in [-0.2, -0.15) is 0 Å². The zero-order valence-electron chi connectivity index (χ0n) is 17.8. The number of nitrogens with zero attached hydrogens (tertiary/aromatic N) is 1. The summed E-state index contributed by atoms with van der Waals surface area (Å²) in [6, 6.07) is 12.1.